The number of carbonyl (C=O) groups excluding carboxylic acids is 2. The standard InChI is InChI=1S/C18H21F3N2O3/c1-26-15-4-2-3-13(11-15)5-6-16(24)22-12-14-7-9-23(10-8-14)17(25)18(19,20)21/h2-6,11,14H,7-10,12H2,1H3,(H,22,24)/b6-5+. The van der Waals surface area contributed by atoms with Gasteiger partial charge in [-0.1, -0.05) is 12.1 Å². The number of benzene rings is 1. The lowest BCUT2D eigenvalue weighted by Crippen LogP contribution is -2.46. The van der Waals surface area contributed by atoms with Crippen molar-refractivity contribution in [1.29, 1.82) is 0 Å². The summed E-state index contributed by atoms with van der Waals surface area (Å²) in [5.41, 5.74) is 0.818. The van der Waals surface area contributed by atoms with Gasteiger partial charge < -0.3 is 15.0 Å². The molecule has 5 nitrogen and oxygen atoms in total. The van der Waals surface area contributed by atoms with E-state index < -0.39 is 12.1 Å². The fraction of sp³-hybridized carbons (Fsp3) is 0.444. The van der Waals surface area contributed by atoms with Crippen molar-refractivity contribution in [3.63, 3.8) is 0 Å². The molecule has 1 aliphatic heterocycles. The zero-order valence-electron chi connectivity index (χ0n) is 14.4. The van der Waals surface area contributed by atoms with Crippen LogP contribution in [0.5, 0.6) is 5.75 Å². The molecule has 26 heavy (non-hydrogen) atoms. The first-order valence-electron chi connectivity index (χ1n) is 8.25. The van der Waals surface area contributed by atoms with Crippen LogP contribution >= 0.6 is 0 Å². The Morgan fingerprint density at radius 3 is 2.62 bits per heavy atom. The molecule has 0 unspecified atom stereocenters. The summed E-state index contributed by atoms with van der Waals surface area (Å²) in [6.07, 6.45) is -0.908. The van der Waals surface area contributed by atoms with E-state index in [9.17, 15) is 22.8 Å². The summed E-state index contributed by atoms with van der Waals surface area (Å²) in [6, 6.07) is 7.23. The van der Waals surface area contributed by atoms with Crippen LogP contribution in [0.3, 0.4) is 0 Å². The Bertz CT molecular complexity index is 666. The van der Waals surface area contributed by atoms with Gasteiger partial charge in [-0.2, -0.15) is 13.2 Å². The number of hydrogen-bond donors (Lipinski definition) is 1. The summed E-state index contributed by atoms with van der Waals surface area (Å²) in [7, 11) is 1.56. The minimum Gasteiger partial charge on any atom is -0.497 e. The van der Waals surface area contributed by atoms with Crippen molar-refractivity contribution in [3.05, 3.63) is 35.9 Å². The number of piperidine rings is 1. The third kappa shape index (κ3) is 5.79. The highest BCUT2D eigenvalue weighted by atomic mass is 19.4. The van der Waals surface area contributed by atoms with Crippen LogP contribution in [0, 0.1) is 5.92 Å². The first-order valence-corrected chi connectivity index (χ1v) is 8.25. The summed E-state index contributed by atoms with van der Waals surface area (Å²) in [5.74, 6) is -1.32. The van der Waals surface area contributed by atoms with Crippen molar-refractivity contribution < 1.29 is 27.5 Å². The molecule has 0 atom stereocenters. The maximum atomic E-state index is 12.4. The average molecular weight is 370 g/mol. The number of amides is 2. The zero-order valence-corrected chi connectivity index (χ0v) is 14.4. The minimum absolute atomic E-state index is 0.0541. The third-order valence-electron chi connectivity index (χ3n) is 4.23. The van der Waals surface area contributed by atoms with E-state index in [-0.39, 0.29) is 24.9 Å². The molecule has 0 spiro atoms. The van der Waals surface area contributed by atoms with Gasteiger partial charge in [0, 0.05) is 25.7 Å². The Morgan fingerprint density at radius 2 is 2.00 bits per heavy atom. The molecular weight excluding hydrogens is 349 g/mol. The van der Waals surface area contributed by atoms with Crippen molar-refractivity contribution in [1.82, 2.24) is 10.2 Å². The summed E-state index contributed by atoms with van der Waals surface area (Å²) in [6.45, 7) is 0.479. The maximum absolute atomic E-state index is 12.4. The molecule has 0 radical (unpaired) electrons. The van der Waals surface area contributed by atoms with Crippen LogP contribution in [0.2, 0.25) is 0 Å². The molecule has 8 heteroatoms. The van der Waals surface area contributed by atoms with Gasteiger partial charge in [-0.25, -0.2) is 0 Å². The molecule has 1 N–H and O–H groups in total. The first kappa shape index (κ1) is 19.8. The highest BCUT2D eigenvalue weighted by Crippen LogP contribution is 2.23. The largest absolute Gasteiger partial charge is 0.497 e. The number of nitrogens with zero attached hydrogens (tertiary/aromatic N) is 1. The first-order chi connectivity index (χ1) is 12.3. The second-order valence-electron chi connectivity index (χ2n) is 6.09. The van der Waals surface area contributed by atoms with Gasteiger partial charge in [-0.05, 0) is 42.5 Å². The van der Waals surface area contributed by atoms with Gasteiger partial charge in [0.25, 0.3) is 0 Å². The van der Waals surface area contributed by atoms with Crippen LogP contribution in [-0.4, -0.2) is 49.6 Å². The van der Waals surface area contributed by atoms with Crippen molar-refractivity contribution in [2.75, 3.05) is 26.7 Å². The summed E-state index contributed by atoms with van der Waals surface area (Å²) < 4.78 is 42.3. The highest BCUT2D eigenvalue weighted by Gasteiger charge is 2.43. The number of alkyl halides is 3. The van der Waals surface area contributed by atoms with E-state index in [1.165, 1.54) is 6.08 Å². The third-order valence-corrected chi connectivity index (χ3v) is 4.23. The van der Waals surface area contributed by atoms with E-state index >= 15 is 0 Å². The minimum atomic E-state index is -4.83. The fourth-order valence-corrected chi connectivity index (χ4v) is 2.74. The lowest BCUT2D eigenvalue weighted by atomic mass is 9.96. The number of halogens is 3. The van der Waals surface area contributed by atoms with Gasteiger partial charge in [-0.3, -0.25) is 9.59 Å². The summed E-state index contributed by atoms with van der Waals surface area (Å²) in [4.78, 5) is 23.9. The number of hydrogen-bond acceptors (Lipinski definition) is 3. The monoisotopic (exact) mass is 370 g/mol. The SMILES string of the molecule is COc1cccc(/C=C/C(=O)NCC2CCN(C(=O)C(F)(F)F)CC2)c1. The Morgan fingerprint density at radius 1 is 1.31 bits per heavy atom. The number of rotatable bonds is 5. The van der Waals surface area contributed by atoms with E-state index in [4.69, 9.17) is 4.74 Å². The van der Waals surface area contributed by atoms with Crippen molar-refractivity contribution in [3.8, 4) is 5.75 Å². The quantitative estimate of drug-likeness (QED) is 0.811. The lowest BCUT2D eigenvalue weighted by molar-refractivity contribution is -0.186. The molecule has 1 fully saturated rings. The zero-order chi connectivity index (χ0) is 19.2. The van der Waals surface area contributed by atoms with E-state index in [0.717, 1.165) is 10.5 Å². The molecule has 0 aliphatic carbocycles. The van der Waals surface area contributed by atoms with Gasteiger partial charge in [0.2, 0.25) is 5.91 Å². The van der Waals surface area contributed by atoms with Gasteiger partial charge in [0.15, 0.2) is 0 Å². The van der Waals surface area contributed by atoms with Gasteiger partial charge in [0.05, 0.1) is 7.11 Å². The van der Waals surface area contributed by atoms with Crippen molar-refractivity contribution in [2.45, 2.75) is 19.0 Å². The van der Waals surface area contributed by atoms with E-state index in [0.29, 0.717) is 25.1 Å². The number of nitrogens with one attached hydrogen (secondary N) is 1. The average Bonchev–Trinajstić information content (AvgIpc) is 2.64. The number of ether oxygens (including phenoxy) is 1. The second kappa shape index (κ2) is 8.73. The molecule has 142 valence electrons. The van der Waals surface area contributed by atoms with Gasteiger partial charge >= 0.3 is 12.1 Å². The molecule has 0 aromatic heterocycles. The van der Waals surface area contributed by atoms with Gasteiger partial charge in [0.1, 0.15) is 5.75 Å². The van der Waals surface area contributed by atoms with Crippen molar-refractivity contribution >= 4 is 17.9 Å². The molecule has 1 aromatic carbocycles. The van der Waals surface area contributed by atoms with Crippen LogP contribution < -0.4 is 10.1 Å². The van der Waals surface area contributed by atoms with Crippen molar-refractivity contribution in [2.24, 2.45) is 5.92 Å². The Kier molecular flexibility index (Phi) is 6.65. The van der Waals surface area contributed by atoms with Crippen LogP contribution in [0.1, 0.15) is 18.4 Å². The molecule has 2 amide bonds. The van der Waals surface area contributed by atoms with E-state index in [1.54, 1.807) is 25.3 Å². The summed E-state index contributed by atoms with van der Waals surface area (Å²) >= 11 is 0. The van der Waals surface area contributed by atoms with Crippen LogP contribution in [0.15, 0.2) is 30.3 Å². The predicted molar refractivity (Wildman–Crippen MR) is 90.4 cm³/mol. The lowest BCUT2D eigenvalue weighted by Gasteiger charge is -2.32. The molecule has 1 aromatic rings. The van der Waals surface area contributed by atoms with Crippen LogP contribution in [0.25, 0.3) is 6.08 Å². The molecule has 1 aliphatic rings. The molecule has 1 saturated heterocycles. The smallest absolute Gasteiger partial charge is 0.471 e. The number of likely N-dealkylation sites (tertiary alicyclic amines) is 1. The topological polar surface area (TPSA) is 58.6 Å². The molecule has 1 heterocycles. The Balaban J connectivity index is 1.75. The van der Waals surface area contributed by atoms with Crippen LogP contribution in [-0.2, 0) is 9.59 Å². The molecule has 2 rings (SSSR count). The predicted octanol–water partition coefficient (Wildman–Crippen LogP) is 2.63. The normalized spacial score (nSPS) is 15.9. The second-order valence-corrected chi connectivity index (χ2v) is 6.09. The summed E-state index contributed by atoms with van der Waals surface area (Å²) in [5, 5.41) is 2.74. The highest BCUT2D eigenvalue weighted by molar-refractivity contribution is 5.91. The van der Waals surface area contributed by atoms with Crippen LogP contribution in [0.4, 0.5) is 13.2 Å². The maximum Gasteiger partial charge on any atom is 0.471 e. The van der Waals surface area contributed by atoms with Gasteiger partial charge in [-0.15, -0.1) is 0 Å². The number of carbonyl (C=O) groups is 2. The fourth-order valence-electron chi connectivity index (χ4n) is 2.74. The van der Waals surface area contributed by atoms with E-state index in [2.05, 4.69) is 5.32 Å². The molecule has 0 bridgehead atoms. The number of methoxy groups -OCH3 is 1. The van der Waals surface area contributed by atoms with E-state index in [1.807, 2.05) is 12.1 Å². The molecule has 0 saturated carbocycles. The Hall–Kier alpha value is -2.51. The Labute approximate surface area is 149 Å². The molecular formula is C18H21F3N2O3.